The molecule has 1 fully saturated rings. The largest absolute Gasteiger partial charge is 0.352 e. The van der Waals surface area contributed by atoms with Gasteiger partial charge in [0.05, 0.1) is 0 Å². The molecule has 0 bridgehead atoms. The maximum absolute atomic E-state index is 12.9. The summed E-state index contributed by atoms with van der Waals surface area (Å²) in [5.41, 5.74) is 1.98. The average molecular weight is 326 g/mol. The number of rotatable bonds is 5. The second-order valence-corrected chi connectivity index (χ2v) is 6.20. The molecule has 2 amide bonds. The van der Waals surface area contributed by atoms with E-state index >= 15 is 0 Å². The Morgan fingerprint density at radius 3 is 2.29 bits per heavy atom. The molecule has 0 heterocycles. The molecule has 0 spiro atoms. The van der Waals surface area contributed by atoms with Gasteiger partial charge in [0.25, 0.3) is 5.91 Å². The van der Waals surface area contributed by atoms with Gasteiger partial charge in [-0.05, 0) is 54.3 Å². The van der Waals surface area contributed by atoms with Crippen LogP contribution < -0.4 is 10.6 Å². The van der Waals surface area contributed by atoms with Crippen molar-refractivity contribution in [3.05, 3.63) is 65.5 Å². The molecule has 0 aliphatic heterocycles. The minimum absolute atomic E-state index is 0.0978. The number of nitrogens with one attached hydrogen (secondary N) is 2. The molecule has 3 rings (SSSR count). The number of halogens is 1. The van der Waals surface area contributed by atoms with Gasteiger partial charge in [0.15, 0.2) is 0 Å². The molecule has 4 nitrogen and oxygen atoms in total. The predicted octanol–water partition coefficient (Wildman–Crippen LogP) is 3.35. The highest BCUT2D eigenvalue weighted by Gasteiger charge is 2.38. The number of anilines is 1. The second kappa shape index (κ2) is 6.83. The fourth-order valence-corrected chi connectivity index (χ4v) is 2.52. The third kappa shape index (κ3) is 3.98. The highest BCUT2D eigenvalue weighted by Crippen LogP contribution is 2.37. The predicted molar refractivity (Wildman–Crippen MR) is 89.9 cm³/mol. The average Bonchev–Trinajstić information content (AvgIpc) is 3.32. The van der Waals surface area contributed by atoms with E-state index in [0.29, 0.717) is 23.7 Å². The molecule has 124 valence electrons. The van der Waals surface area contributed by atoms with Gasteiger partial charge in [-0.25, -0.2) is 4.39 Å². The topological polar surface area (TPSA) is 58.2 Å². The first-order valence-corrected chi connectivity index (χ1v) is 7.96. The number of hydrogen-bond donors (Lipinski definition) is 2. The molecule has 0 aromatic heterocycles. The van der Waals surface area contributed by atoms with Crippen molar-refractivity contribution in [2.24, 2.45) is 11.8 Å². The summed E-state index contributed by atoms with van der Waals surface area (Å²) in [5, 5.41) is 5.62. The van der Waals surface area contributed by atoms with E-state index in [1.165, 1.54) is 24.3 Å². The van der Waals surface area contributed by atoms with Crippen LogP contribution >= 0.6 is 0 Å². The maximum atomic E-state index is 12.9. The van der Waals surface area contributed by atoms with E-state index in [2.05, 4.69) is 17.6 Å². The zero-order valence-electron chi connectivity index (χ0n) is 13.4. The summed E-state index contributed by atoms with van der Waals surface area (Å²) >= 11 is 0. The lowest BCUT2D eigenvalue weighted by atomic mass is 10.1. The third-order valence-electron chi connectivity index (χ3n) is 4.23. The molecular weight excluding hydrogens is 307 g/mol. The fourth-order valence-electron chi connectivity index (χ4n) is 2.52. The Balaban J connectivity index is 1.54. The van der Waals surface area contributed by atoms with Crippen molar-refractivity contribution in [3.63, 3.8) is 0 Å². The minimum Gasteiger partial charge on any atom is -0.352 e. The van der Waals surface area contributed by atoms with Crippen LogP contribution in [0.3, 0.4) is 0 Å². The molecule has 1 aliphatic rings. The summed E-state index contributed by atoms with van der Waals surface area (Å²) < 4.78 is 12.9. The number of hydrogen-bond acceptors (Lipinski definition) is 2. The molecule has 24 heavy (non-hydrogen) atoms. The van der Waals surface area contributed by atoms with Gasteiger partial charge in [-0.3, -0.25) is 9.59 Å². The van der Waals surface area contributed by atoms with Gasteiger partial charge in [-0.15, -0.1) is 0 Å². The molecule has 2 aromatic rings. The van der Waals surface area contributed by atoms with Crippen LogP contribution in [-0.2, 0) is 11.3 Å². The molecule has 1 aliphatic carbocycles. The Bertz CT molecular complexity index is 741. The summed E-state index contributed by atoms with van der Waals surface area (Å²) in [6.45, 7) is 2.53. The van der Waals surface area contributed by atoms with Crippen molar-refractivity contribution >= 4 is 17.5 Å². The summed E-state index contributed by atoms with van der Waals surface area (Å²) in [7, 11) is 0. The standard InChI is InChI=1S/C19H19FN2O2/c1-12-10-17(12)19(24)21-11-13-2-4-14(5-3-13)18(23)22-16-8-6-15(20)7-9-16/h2-9,12,17H,10-11H2,1H3,(H,21,24)(H,22,23)/t12-,17+/m1/s1. The monoisotopic (exact) mass is 326 g/mol. The Hall–Kier alpha value is -2.69. The van der Waals surface area contributed by atoms with Gasteiger partial charge in [0, 0.05) is 23.7 Å². The van der Waals surface area contributed by atoms with E-state index in [4.69, 9.17) is 0 Å². The van der Waals surface area contributed by atoms with Crippen molar-refractivity contribution in [2.45, 2.75) is 19.9 Å². The number of carbonyl (C=O) groups is 2. The van der Waals surface area contributed by atoms with Gasteiger partial charge in [0.1, 0.15) is 5.82 Å². The molecule has 2 N–H and O–H groups in total. The SMILES string of the molecule is C[C@@H]1C[C@@H]1C(=O)NCc1ccc(C(=O)Nc2ccc(F)cc2)cc1. The van der Waals surface area contributed by atoms with Crippen LogP contribution in [0.1, 0.15) is 29.3 Å². The quantitative estimate of drug-likeness (QED) is 0.885. The van der Waals surface area contributed by atoms with Crippen molar-refractivity contribution in [2.75, 3.05) is 5.32 Å². The summed E-state index contributed by atoms with van der Waals surface area (Å²) in [5.74, 6) is 0.137. The van der Waals surface area contributed by atoms with Crippen LogP contribution in [-0.4, -0.2) is 11.8 Å². The van der Waals surface area contributed by atoms with Gasteiger partial charge in [-0.1, -0.05) is 19.1 Å². The van der Waals surface area contributed by atoms with Crippen molar-refractivity contribution in [1.82, 2.24) is 5.32 Å². The lowest BCUT2D eigenvalue weighted by Gasteiger charge is -2.07. The van der Waals surface area contributed by atoms with Crippen LogP contribution in [0.15, 0.2) is 48.5 Å². The molecule has 5 heteroatoms. The molecular formula is C19H19FN2O2. The van der Waals surface area contributed by atoms with Crippen molar-refractivity contribution in [3.8, 4) is 0 Å². The summed E-state index contributed by atoms with van der Waals surface area (Å²) in [6, 6.07) is 12.7. The lowest BCUT2D eigenvalue weighted by molar-refractivity contribution is -0.122. The third-order valence-corrected chi connectivity index (χ3v) is 4.23. The number of carbonyl (C=O) groups excluding carboxylic acids is 2. The maximum Gasteiger partial charge on any atom is 0.255 e. The van der Waals surface area contributed by atoms with Gasteiger partial charge >= 0.3 is 0 Å². The Morgan fingerprint density at radius 2 is 1.71 bits per heavy atom. The molecule has 0 radical (unpaired) electrons. The summed E-state index contributed by atoms with van der Waals surface area (Å²) in [6.07, 6.45) is 0.967. The van der Waals surface area contributed by atoms with Gasteiger partial charge in [-0.2, -0.15) is 0 Å². The zero-order valence-corrected chi connectivity index (χ0v) is 13.4. The first-order valence-electron chi connectivity index (χ1n) is 7.96. The highest BCUT2D eigenvalue weighted by atomic mass is 19.1. The smallest absolute Gasteiger partial charge is 0.255 e. The van der Waals surface area contributed by atoms with E-state index < -0.39 is 0 Å². The van der Waals surface area contributed by atoms with E-state index in [0.717, 1.165) is 12.0 Å². The van der Waals surface area contributed by atoms with E-state index in [1.807, 2.05) is 12.1 Å². The fraction of sp³-hybridized carbons (Fsp3) is 0.263. The lowest BCUT2D eigenvalue weighted by Crippen LogP contribution is -2.24. The Labute approximate surface area is 140 Å². The molecule has 2 atom stereocenters. The van der Waals surface area contributed by atoms with Gasteiger partial charge in [0.2, 0.25) is 5.91 Å². The van der Waals surface area contributed by atoms with E-state index in [1.54, 1.807) is 12.1 Å². The van der Waals surface area contributed by atoms with Crippen LogP contribution in [0.4, 0.5) is 10.1 Å². The molecule has 0 saturated heterocycles. The molecule has 2 aromatic carbocycles. The second-order valence-electron chi connectivity index (χ2n) is 6.20. The Kier molecular flexibility index (Phi) is 4.60. The molecule has 1 saturated carbocycles. The number of amides is 2. The number of benzene rings is 2. The van der Waals surface area contributed by atoms with Crippen molar-refractivity contribution in [1.29, 1.82) is 0 Å². The van der Waals surface area contributed by atoms with Crippen LogP contribution in [0, 0.1) is 17.7 Å². The van der Waals surface area contributed by atoms with Crippen LogP contribution in [0.2, 0.25) is 0 Å². The minimum atomic E-state index is -0.347. The van der Waals surface area contributed by atoms with Crippen LogP contribution in [0.5, 0.6) is 0 Å². The van der Waals surface area contributed by atoms with Crippen LogP contribution in [0.25, 0.3) is 0 Å². The molecule has 0 unspecified atom stereocenters. The van der Waals surface area contributed by atoms with Crippen molar-refractivity contribution < 1.29 is 14.0 Å². The Morgan fingerprint density at radius 1 is 1.08 bits per heavy atom. The zero-order chi connectivity index (χ0) is 17.1. The van der Waals surface area contributed by atoms with E-state index in [-0.39, 0.29) is 23.5 Å². The highest BCUT2D eigenvalue weighted by molar-refractivity contribution is 6.04. The first-order chi connectivity index (χ1) is 11.5. The first kappa shape index (κ1) is 16.2. The normalized spacial score (nSPS) is 18.8. The summed E-state index contributed by atoms with van der Waals surface area (Å²) in [4.78, 5) is 23.9. The van der Waals surface area contributed by atoms with Gasteiger partial charge < -0.3 is 10.6 Å². The van der Waals surface area contributed by atoms with E-state index in [9.17, 15) is 14.0 Å².